The number of hydrogen-bond donors (Lipinski definition) is 5. The standard InChI is InChI=1S/C40H50FN5O5/c1-39(2,3)23-42-35(47)22-34(46-40(25-51-26-40)24-43-36(48)29-17-19-30(41)20-18-29)38(50)45-33(21-16-27-10-5-4-6-11-27)37(49)44-32-15-9-13-28-12-7-8-14-31(28)32/h4-8,10-12,14,17-20,32-34,46H,9,13,15-16,21-26H2,1-3H3,(H,42,47)(H,43,48)(H,44,49)(H,45,50)/t32-,33+,34+/m1/s1. The van der Waals surface area contributed by atoms with Crippen molar-refractivity contribution in [2.75, 3.05) is 26.3 Å². The van der Waals surface area contributed by atoms with E-state index in [0.29, 0.717) is 19.4 Å². The summed E-state index contributed by atoms with van der Waals surface area (Å²) in [5.41, 5.74) is 2.60. The molecule has 0 saturated carbocycles. The first kappa shape index (κ1) is 37.6. The fourth-order valence-corrected chi connectivity index (χ4v) is 6.41. The van der Waals surface area contributed by atoms with Crippen LogP contribution in [0.2, 0.25) is 0 Å². The quantitative estimate of drug-likeness (QED) is 0.162. The minimum atomic E-state index is -1.04. The molecule has 1 aliphatic carbocycles. The van der Waals surface area contributed by atoms with Gasteiger partial charge in [0.2, 0.25) is 17.7 Å². The van der Waals surface area contributed by atoms with Gasteiger partial charge in [-0.25, -0.2) is 4.39 Å². The molecule has 1 heterocycles. The van der Waals surface area contributed by atoms with Gasteiger partial charge in [-0.2, -0.15) is 0 Å². The van der Waals surface area contributed by atoms with E-state index in [1.165, 1.54) is 29.8 Å². The van der Waals surface area contributed by atoms with Crippen molar-refractivity contribution in [1.82, 2.24) is 26.6 Å². The van der Waals surface area contributed by atoms with Gasteiger partial charge < -0.3 is 26.0 Å². The Morgan fingerprint density at radius 3 is 2.27 bits per heavy atom. The molecule has 1 fully saturated rings. The number of carbonyl (C=O) groups excluding carboxylic acids is 4. The molecule has 51 heavy (non-hydrogen) atoms. The van der Waals surface area contributed by atoms with Gasteiger partial charge in [0.1, 0.15) is 11.9 Å². The molecule has 2 aliphatic rings. The second-order valence-electron chi connectivity index (χ2n) is 14.9. The van der Waals surface area contributed by atoms with Gasteiger partial charge in [-0.3, -0.25) is 24.5 Å². The van der Waals surface area contributed by atoms with Gasteiger partial charge in [-0.05, 0) is 78.5 Å². The Hall–Kier alpha value is -4.61. The monoisotopic (exact) mass is 699 g/mol. The predicted octanol–water partition coefficient (Wildman–Crippen LogP) is 4.15. The molecule has 5 N–H and O–H groups in total. The van der Waals surface area contributed by atoms with Crippen LogP contribution < -0.4 is 26.6 Å². The van der Waals surface area contributed by atoms with E-state index in [2.05, 4.69) is 32.7 Å². The minimum Gasteiger partial charge on any atom is -0.377 e. The van der Waals surface area contributed by atoms with Gasteiger partial charge in [-0.15, -0.1) is 0 Å². The molecule has 5 rings (SSSR count). The van der Waals surface area contributed by atoms with Crippen LogP contribution in [0.4, 0.5) is 4.39 Å². The molecule has 0 bridgehead atoms. The molecule has 10 nitrogen and oxygen atoms in total. The van der Waals surface area contributed by atoms with E-state index in [1.807, 2.05) is 69.3 Å². The van der Waals surface area contributed by atoms with Crippen molar-refractivity contribution in [3.05, 3.63) is 107 Å². The van der Waals surface area contributed by atoms with Crippen LogP contribution in [0.15, 0.2) is 78.9 Å². The van der Waals surface area contributed by atoms with E-state index in [0.717, 1.165) is 30.4 Å². The highest BCUT2D eigenvalue weighted by molar-refractivity contribution is 5.94. The van der Waals surface area contributed by atoms with Crippen LogP contribution in [0.1, 0.15) is 79.5 Å². The topological polar surface area (TPSA) is 138 Å². The third kappa shape index (κ3) is 10.9. The molecule has 0 spiro atoms. The van der Waals surface area contributed by atoms with Crippen LogP contribution in [-0.2, 0) is 32.0 Å². The number of aryl methyl sites for hydroxylation is 2. The van der Waals surface area contributed by atoms with Crippen molar-refractivity contribution in [3.63, 3.8) is 0 Å². The first-order valence-electron chi connectivity index (χ1n) is 17.8. The molecule has 1 saturated heterocycles. The molecule has 272 valence electrons. The number of carbonyl (C=O) groups is 4. The zero-order chi connectivity index (χ0) is 36.4. The number of ether oxygens (including phenoxy) is 1. The maximum Gasteiger partial charge on any atom is 0.251 e. The van der Waals surface area contributed by atoms with Gasteiger partial charge in [-0.1, -0.05) is 75.4 Å². The molecular formula is C40H50FN5O5. The number of hydrogen-bond acceptors (Lipinski definition) is 6. The fourth-order valence-electron chi connectivity index (χ4n) is 6.41. The molecule has 3 atom stereocenters. The lowest BCUT2D eigenvalue weighted by atomic mass is 9.87. The Balaban J connectivity index is 1.33. The minimum absolute atomic E-state index is 0.0929. The van der Waals surface area contributed by atoms with Crippen LogP contribution in [0.5, 0.6) is 0 Å². The third-order valence-electron chi connectivity index (χ3n) is 9.34. The molecule has 0 aromatic heterocycles. The smallest absolute Gasteiger partial charge is 0.251 e. The first-order valence-corrected chi connectivity index (χ1v) is 17.8. The largest absolute Gasteiger partial charge is 0.377 e. The van der Waals surface area contributed by atoms with Crippen molar-refractivity contribution in [1.29, 1.82) is 0 Å². The number of rotatable bonds is 15. The summed E-state index contributed by atoms with van der Waals surface area (Å²) in [5, 5.41) is 15.3. The van der Waals surface area contributed by atoms with Crippen LogP contribution in [0.3, 0.4) is 0 Å². The summed E-state index contributed by atoms with van der Waals surface area (Å²) in [6.45, 7) is 6.87. The van der Waals surface area contributed by atoms with E-state index in [4.69, 9.17) is 4.74 Å². The highest BCUT2D eigenvalue weighted by atomic mass is 19.1. The highest BCUT2D eigenvalue weighted by Gasteiger charge is 2.43. The summed E-state index contributed by atoms with van der Waals surface area (Å²) >= 11 is 0. The molecule has 3 aromatic carbocycles. The van der Waals surface area contributed by atoms with Crippen LogP contribution >= 0.6 is 0 Å². The Bertz CT molecular complexity index is 1660. The zero-order valence-corrected chi connectivity index (χ0v) is 29.7. The Morgan fingerprint density at radius 2 is 1.59 bits per heavy atom. The summed E-state index contributed by atoms with van der Waals surface area (Å²) in [6, 6.07) is 21.0. The zero-order valence-electron chi connectivity index (χ0n) is 29.7. The van der Waals surface area contributed by atoms with Gasteiger partial charge >= 0.3 is 0 Å². The van der Waals surface area contributed by atoms with Crippen molar-refractivity contribution in [2.45, 2.75) is 83.0 Å². The summed E-state index contributed by atoms with van der Waals surface area (Å²) in [4.78, 5) is 54.3. The van der Waals surface area contributed by atoms with Crippen LogP contribution in [-0.4, -0.2) is 67.6 Å². The maximum atomic E-state index is 14.2. The predicted molar refractivity (Wildman–Crippen MR) is 193 cm³/mol. The summed E-state index contributed by atoms with van der Waals surface area (Å²) in [7, 11) is 0. The fraction of sp³-hybridized carbons (Fsp3) is 0.450. The second-order valence-corrected chi connectivity index (χ2v) is 14.9. The van der Waals surface area contributed by atoms with Crippen LogP contribution in [0.25, 0.3) is 0 Å². The van der Waals surface area contributed by atoms with E-state index in [-0.39, 0.29) is 55.0 Å². The van der Waals surface area contributed by atoms with Crippen LogP contribution in [0, 0.1) is 11.2 Å². The average Bonchev–Trinajstić information content (AvgIpc) is 3.10. The second kappa shape index (κ2) is 17.1. The molecular weight excluding hydrogens is 649 g/mol. The van der Waals surface area contributed by atoms with E-state index < -0.39 is 35.3 Å². The molecule has 0 radical (unpaired) electrons. The lowest BCUT2D eigenvalue weighted by Gasteiger charge is -2.44. The average molecular weight is 700 g/mol. The molecule has 1 aliphatic heterocycles. The lowest BCUT2D eigenvalue weighted by molar-refractivity contribution is -0.135. The van der Waals surface area contributed by atoms with Crippen molar-refractivity contribution in [3.8, 4) is 0 Å². The molecule has 4 amide bonds. The Labute approximate surface area is 299 Å². The third-order valence-corrected chi connectivity index (χ3v) is 9.34. The summed E-state index contributed by atoms with van der Waals surface area (Å²) in [6.07, 6.45) is 3.40. The highest BCUT2D eigenvalue weighted by Crippen LogP contribution is 2.29. The van der Waals surface area contributed by atoms with E-state index >= 15 is 0 Å². The van der Waals surface area contributed by atoms with E-state index in [9.17, 15) is 23.6 Å². The molecule has 3 aromatic rings. The Morgan fingerprint density at radius 1 is 0.882 bits per heavy atom. The number of halogens is 1. The van der Waals surface area contributed by atoms with Crippen molar-refractivity contribution in [2.24, 2.45) is 5.41 Å². The van der Waals surface area contributed by atoms with E-state index in [1.54, 1.807) is 0 Å². The van der Waals surface area contributed by atoms with Gasteiger partial charge in [0, 0.05) is 18.7 Å². The molecule has 11 heteroatoms. The number of fused-ring (bicyclic) bond motifs is 1. The molecule has 0 unspecified atom stereocenters. The first-order chi connectivity index (χ1) is 24.4. The Kier molecular flexibility index (Phi) is 12.6. The van der Waals surface area contributed by atoms with Gasteiger partial charge in [0.05, 0.1) is 37.3 Å². The van der Waals surface area contributed by atoms with Crippen molar-refractivity contribution < 1.29 is 28.3 Å². The summed E-state index contributed by atoms with van der Waals surface area (Å²) < 4.78 is 19.0. The van der Waals surface area contributed by atoms with Crippen molar-refractivity contribution >= 4 is 23.6 Å². The number of nitrogens with one attached hydrogen (secondary N) is 5. The maximum absolute atomic E-state index is 14.2. The number of amides is 4. The normalized spacial score (nSPS) is 17.5. The lowest BCUT2D eigenvalue weighted by Crippen LogP contribution is -2.70. The SMILES string of the molecule is CC(C)(C)CNC(=O)C[C@H](NC1(CNC(=O)c2ccc(F)cc2)COC1)C(=O)N[C@@H](CCc1ccccc1)C(=O)N[C@@H]1CCCc2ccccc21. The van der Waals surface area contributed by atoms with Gasteiger partial charge in [0.25, 0.3) is 5.91 Å². The summed E-state index contributed by atoms with van der Waals surface area (Å²) in [5.74, 6) is -1.98. The number of benzene rings is 3. The van der Waals surface area contributed by atoms with Gasteiger partial charge in [0.15, 0.2) is 0 Å².